The van der Waals surface area contributed by atoms with E-state index < -0.39 is 6.89 Å². The quantitative estimate of drug-likeness (QED) is 0.554. The van der Waals surface area contributed by atoms with Crippen molar-refractivity contribution in [1.82, 2.24) is 0 Å². The summed E-state index contributed by atoms with van der Waals surface area (Å²) < 4.78 is 0. The summed E-state index contributed by atoms with van der Waals surface area (Å²) in [6, 6.07) is 0. The van der Waals surface area contributed by atoms with Crippen molar-refractivity contribution in [2.75, 3.05) is 18.5 Å². The van der Waals surface area contributed by atoms with Crippen LogP contribution in [0.15, 0.2) is 0 Å². The molecular formula is C11H25P. The first-order valence-corrected chi connectivity index (χ1v) is 7.77. The van der Waals surface area contributed by atoms with E-state index in [0.29, 0.717) is 0 Å². The van der Waals surface area contributed by atoms with E-state index in [1.165, 1.54) is 31.3 Å². The predicted octanol–water partition coefficient (Wildman–Crippen LogP) is 3.91. The van der Waals surface area contributed by atoms with Crippen molar-refractivity contribution in [2.24, 2.45) is 5.92 Å². The van der Waals surface area contributed by atoms with E-state index in [1.807, 2.05) is 0 Å². The maximum absolute atomic E-state index is 4.50. The van der Waals surface area contributed by atoms with Crippen molar-refractivity contribution in [3.05, 3.63) is 0 Å². The molecule has 0 nitrogen and oxygen atoms in total. The molecule has 0 aromatic carbocycles. The lowest BCUT2D eigenvalue weighted by molar-refractivity contribution is 0.740. The summed E-state index contributed by atoms with van der Waals surface area (Å²) in [5, 5.41) is 0. The highest BCUT2D eigenvalue weighted by molar-refractivity contribution is 7.73. The highest BCUT2D eigenvalue weighted by Gasteiger charge is 2.13. The molecule has 0 spiro atoms. The SMILES string of the molecule is C=P(CCC)(CCC)CC(C)C. The number of hydrogen-bond donors (Lipinski definition) is 0. The average molecular weight is 188 g/mol. The molecule has 0 atom stereocenters. The van der Waals surface area contributed by atoms with Gasteiger partial charge in [0, 0.05) is 0 Å². The Bertz CT molecular complexity index is 137. The Balaban J connectivity index is 4.08. The van der Waals surface area contributed by atoms with Crippen LogP contribution in [0.2, 0.25) is 0 Å². The van der Waals surface area contributed by atoms with Gasteiger partial charge in [0.25, 0.3) is 0 Å². The molecule has 0 aliphatic heterocycles. The molecule has 0 aliphatic rings. The second kappa shape index (κ2) is 5.86. The minimum atomic E-state index is -0.775. The third-order valence-corrected chi connectivity index (χ3v) is 6.45. The van der Waals surface area contributed by atoms with Crippen LogP contribution in [0.3, 0.4) is 0 Å². The van der Waals surface area contributed by atoms with Crippen LogP contribution in [0.5, 0.6) is 0 Å². The zero-order valence-electron chi connectivity index (χ0n) is 9.27. The molecule has 0 fully saturated rings. The Labute approximate surface area is 78.7 Å². The summed E-state index contributed by atoms with van der Waals surface area (Å²) >= 11 is 0. The molecule has 0 bridgehead atoms. The molecule has 74 valence electrons. The molecule has 0 aliphatic carbocycles. The molecule has 12 heavy (non-hydrogen) atoms. The normalized spacial score (nSPS) is 12.4. The lowest BCUT2D eigenvalue weighted by atomic mass is 10.3. The van der Waals surface area contributed by atoms with E-state index in [4.69, 9.17) is 0 Å². The van der Waals surface area contributed by atoms with Crippen LogP contribution >= 0.6 is 6.89 Å². The van der Waals surface area contributed by atoms with Crippen LogP contribution in [-0.4, -0.2) is 24.8 Å². The Morgan fingerprint density at radius 3 is 1.75 bits per heavy atom. The maximum atomic E-state index is 4.50. The number of rotatable bonds is 6. The van der Waals surface area contributed by atoms with Crippen molar-refractivity contribution in [2.45, 2.75) is 40.5 Å². The fourth-order valence-electron chi connectivity index (χ4n) is 2.02. The van der Waals surface area contributed by atoms with E-state index in [0.717, 1.165) is 5.92 Å². The second-order valence-electron chi connectivity index (χ2n) is 4.37. The van der Waals surface area contributed by atoms with Gasteiger partial charge in [-0.1, -0.05) is 40.5 Å². The van der Waals surface area contributed by atoms with Gasteiger partial charge in [-0.25, -0.2) is 0 Å². The van der Waals surface area contributed by atoms with Gasteiger partial charge in [0.2, 0.25) is 0 Å². The lowest BCUT2D eigenvalue weighted by Crippen LogP contribution is -2.04. The molecule has 0 aromatic rings. The van der Waals surface area contributed by atoms with Gasteiger partial charge >= 0.3 is 0 Å². The van der Waals surface area contributed by atoms with E-state index in [9.17, 15) is 0 Å². The van der Waals surface area contributed by atoms with Crippen LogP contribution in [0.4, 0.5) is 0 Å². The van der Waals surface area contributed by atoms with Crippen molar-refractivity contribution in [3.8, 4) is 0 Å². The molecule has 1 heteroatoms. The Kier molecular flexibility index (Phi) is 6.01. The monoisotopic (exact) mass is 188 g/mol. The van der Waals surface area contributed by atoms with Gasteiger partial charge in [-0.2, -0.15) is 0 Å². The largest absolute Gasteiger partial charge is 0.112 e. The third kappa shape index (κ3) is 5.04. The maximum Gasteiger partial charge on any atom is -0.0309 e. The first-order chi connectivity index (χ1) is 5.54. The molecule has 0 amide bonds. The van der Waals surface area contributed by atoms with E-state index in [1.54, 1.807) is 0 Å². The van der Waals surface area contributed by atoms with Gasteiger partial charge in [0.1, 0.15) is 0 Å². The summed E-state index contributed by atoms with van der Waals surface area (Å²) in [5.41, 5.74) is 0. The molecule has 0 radical (unpaired) electrons. The lowest BCUT2D eigenvalue weighted by Gasteiger charge is -2.25. The second-order valence-corrected chi connectivity index (χ2v) is 8.31. The van der Waals surface area contributed by atoms with Crippen molar-refractivity contribution >= 4 is 13.2 Å². The first kappa shape index (κ1) is 12.3. The highest BCUT2D eigenvalue weighted by atomic mass is 31.2. The topological polar surface area (TPSA) is 0 Å². The van der Waals surface area contributed by atoms with Gasteiger partial charge in [-0.3, -0.25) is 0 Å². The van der Waals surface area contributed by atoms with Gasteiger partial charge in [-0.05, 0) is 24.4 Å². The predicted molar refractivity (Wildman–Crippen MR) is 64.1 cm³/mol. The zero-order chi connectivity index (χ0) is 9.61. The van der Waals surface area contributed by atoms with E-state index in [2.05, 4.69) is 34.0 Å². The fourth-order valence-corrected chi connectivity index (χ4v) is 6.05. The average Bonchev–Trinajstić information content (AvgIpc) is 1.85. The molecule has 0 unspecified atom stereocenters. The first-order valence-electron chi connectivity index (χ1n) is 5.24. The molecule has 0 saturated heterocycles. The third-order valence-electron chi connectivity index (χ3n) is 2.15. The van der Waals surface area contributed by atoms with Crippen molar-refractivity contribution < 1.29 is 0 Å². The molecule has 0 aromatic heterocycles. The van der Waals surface area contributed by atoms with Crippen LogP contribution in [-0.2, 0) is 0 Å². The highest BCUT2D eigenvalue weighted by Crippen LogP contribution is 2.47. The molecular weight excluding hydrogens is 163 g/mol. The van der Waals surface area contributed by atoms with E-state index in [-0.39, 0.29) is 0 Å². The van der Waals surface area contributed by atoms with Crippen LogP contribution in [0.1, 0.15) is 40.5 Å². The molecule has 0 rings (SSSR count). The standard InChI is InChI=1S/C11H25P/c1-6-8-12(5,9-7-2)10-11(3)4/h11H,5-10H2,1-4H3. The minimum absolute atomic E-state index is 0.775. The fraction of sp³-hybridized carbons (Fsp3) is 0.909. The Hall–Kier alpha value is 0.300. The summed E-state index contributed by atoms with van der Waals surface area (Å²) in [6.07, 6.45) is 11.3. The van der Waals surface area contributed by atoms with Crippen molar-refractivity contribution in [1.29, 1.82) is 0 Å². The number of hydrogen-bond acceptors (Lipinski definition) is 0. The van der Waals surface area contributed by atoms with Crippen LogP contribution in [0.25, 0.3) is 0 Å². The molecule has 0 N–H and O–H groups in total. The van der Waals surface area contributed by atoms with Gasteiger partial charge in [0.15, 0.2) is 0 Å². The van der Waals surface area contributed by atoms with Crippen molar-refractivity contribution in [3.63, 3.8) is 0 Å². The minimum Gasteiger partial charge on any atom is -0.112 e. The summed E-state index contributed by atoms with van der Waals surface area (Å²) in [4.78, 5) is 0. The van der Waals surface area contributed by atoms with Gasteiger partial charge < -0.3 is 0 Å². The molecule has 0 heterocycles. The van der Waals surface area contributed by atoms with E-state index >= 15 is 0 Å². The van der Waals surface area contributed by atoms with Gasteiger partial charge in [0.05, 0.1) is 0 Å². The smallest absolute Gasteiger partial charge is 0.0309 e. The summed E-state index contributed by atoms with van der Waals surface area (Å²) in [6.45, 7) is 8.45. The van der Waals surface area contributed by atoms with Crippen LogP contribution in [0, 0.1) is 5.92 Å². The van der Waals surface area contributed by atoms with Gasteiger partial charge in [-0.15, -0.1) is 13.2 Å². The molecule has 0 saturated carbocycles. The van der Waals surface area contributed by atoms with Crippen LogP contribution < -0.4 is 0 Å². The Morgan fingerprint density at radius 2 is 1.50 bits per heavy atom. The Morgan fingerprint density at radius 1 is 1.08 bits per heavy atom. The summed E-state index contributed by atoms with van der Waals surface area (Å²) in [5.74, 6) is 0.842. The zero-order valence-corrected chi connectivity index (χ0v) is 10.2. The summed E-state index contributed by atoms with van der Waals surface area (Å²) in [7, 11) is 0.